The van der Waals surface area contributed by atoms with E-state index >= 15 is 0 Å². The SMILES string of the molecule is CCOc1ccc2cc(/C=C/c3ccc(Br)cc3)ccc2c1-c1c(OCC)ccc2cc(/C=C/c3ccc(Br)cc3)ccc12. The molecule has 218 valence electrons. The van der Waals surface area contributed by atoms with Gasteiger partial charge in [0, 0.05) is 20.1 Å². The third-order valence-electron chi connectivity index (χ3n) is 7.54. The first-order valence-electron chi connectivity index (χ1n) is 14.8. The number of halogens is 2. The van der Waals surface area contributed by atoms with Crippen LogP contribution in [0.25, 0.3) is 57.0 Å². The molecule has 0 spiro atoms. The normalized spacial score (nSPS) is 11.6. The molecule has 0 radical (unpaired) electrons. The summed E-state index contributed by atoms with van der Waals surface area (Å²) in [6.07, 6.45) is 8.60. The van der Waals surface area contributed by atoms with Gasteiger partial charge in [0.2, 0.25) is 0 Å². The van der Waals surface area contributed by atoms with E-state index in [2.05, 4.69) is 165 Å². The molecular formula is C40H32Br2O2. The lowest BCUT2D eigenvalue weighted by Crippen LogP contribution is -1.99. The molecule has 0 unspecified atom stereocenters. The van der Waals surface area contributed by atoms with Gasteiger partial charge in [-0.15, -0.1) is 0 Å². The highest BCUT2D eigenvalue weighted by Crippen LogP contribution is 2.46. The second kappa shape index (κ2) is 13.7. The molecule has 0 amide bonds. The topological polar surface area (TPSA) is 18.5 Å². The molecular weight excluding hydrogens is 672 g/mol. The smallest absolute Gasteiger partial charge is 0.127 e. The summed E-state index contributed by atoms with van der Waals surface area (Å²) in [6, 6.07) is 38.4. The van der Waals surface area contributed by atoms with Crippen molar-refractivity contribution in [3.8, 4) is 22.6 Å². The van der Waals surface area contributed by atoms with Gasteiger partial charge in [-0.3, -0.25) is 0 Å². The highest BCUT2D eigenvalue weighted by atomic mass is 79.9. The van der Waals surface area contributed by atoms with E-state index < -0.39 is 0 Å². The number of ether oxygens (including phenoxy) is 2. The highest BCUT2D eigenvalue weighted by Gasteiger charge is 2.19. The van der Waals surface area contributed by atoms with Crippen LogP contribution in [0.3, 0.4) is 0 Å². The number of fused-ring (bicyclic) bond motifs is 2. The summed E-state index contributed by atoms with van der Waals surface area (Å²) in [7, 11) is 0. The fraction of sp³-hybridized carbons (Fsp3) is 0.100. The van der Waals surface area contributed by atoms with Crippen LogP contribution in [0.1, 0.15) is 36.1 Å². The van der Waals surface area contributed by atoms with E-state index in [1.807, 2.05) is 13.8 Å². The molecule has 0 aliphatic heterocycles. The summed E-state index contributed by atoms with van der Waals surface area (Å²) >= 11 is 7.03. The Bertz CT molecular complexity index is 1840. The van der Waals surface area contributed by atoms with Gasteiger partial charge >= 0.3 is 0 Å². The summed E-state index contributed by atoms with van der Waals surface area (Å²) in [5.41, 5.74) is 6.70. The van der Waals surface area contributed by atoms with Crippen molar-refractivity contribution in [3.05, 3.63) is 140 Å². The molecule has 0 aliphatic carbocycles. The van der Waals surface area contributed by atoms with Gasteiger partial charge in [-0.2, -0.15) is 0 Å². The molecule has 2 nitrogen and oxygen atoms in total. The van der Waals surface area contributed by atoms with Crippen LogP contribution in [0.4, 0.5) is 0 Å². The molecule has 4 heteroatoms. The monoisotopic (exact) mass is 702 g/mol. The van der Waals surface area contributed by atoms with E-state index in [1.54, 1.807) is 0 Å². The van der Waals surface area contributed by atoms with E-state index in [9.17, 15) is 0 Å². The molecule has 0 atom stereocenters. The van der Waals surface area contributed by atoms with Gasteiger partial charge in [-0.25, -0.2) is 0 Å². The molecule has 6 aromatic carbocycles. The van der Waals surface area contributed by atoms with Crippen LogP contribution in [-0.4, -0.2) is 13.2 Å². The minimum atomic E-state index is 0.576. The van der Waals surface area contributed by atoms with Crippen molar-refractivity contribution < 1.29 is 9.47 Å². The van der Waals surface area contributed by atoms with Crippen LogP contribution >= 0.6 is 31.9 Å². The van der Waals surface area contributed by atoms with Crippen molar-refractivity contribution in [2.24, 2.45) is 0 Å². The lowest BCUT2D eigenvalue weighted by Gasteiger charge is -2.19. The lowest BCUT2D eigenvalue weighted by molar-refractivity contribution is 0.337. The van der Waals surface area contributed by atoms with Gasteiger partial charge < -0.3 is 9.47 Å². The Kier molecular flexibility index (Phi) is 9.30. The van der Waals surface area contributed by atoms with Crippen molar-refractivity contribution in [1.82, 2.24) is 0 Å². The largest absolute Gasteiger partial charge is 0.493 e. The zero-order valence-electron chi connectivity index (χ0n) is 24.7. The van der Waals surface area contributed by atoms with Crippen LogP contribution in [0.15, 0.2) is 118 Å². The van der Waals surface area contributed by atoms with E-state index in [4.69, 9.17) is 9.47 Å². The van der Waals surface area contributed by atoms with Crippen molar-refractivity contribution in [1.29, 1.82) is 0 Å². The average molecular weight is 705 g/mol. The van der Waals surface area contributed by atoms with Gasteiger partial charge in [0.05, 0.1) is 13.2 Å². The average Bonchev–Trinajstić information content (AvgIpc) is 3.04. The molecule has 0 saturated carbocycles. The molecule has 0 saturated heterocycles. The molecule has 0 bridgehead atoms. The van der Waals surface area contributed by atoms with Gasteiger partial charge in [-0.05, 0) is 106 Å². The molecule has 0 heterocycles. The van der Waals surface area contributed by atoms with Crippen LogP contribution in [-0.2, 0) is 0 Å². The minimum Gasteiger partial charge on any atom is -0.493 e. The first-order valence-corrected chi connectivity index (χ1v) is 16.4. The quantitative estimate of drug-likeness (QED) is 0.140. The number of hydrogen-bond acceptors (Lipinski definition) is 2. The Morgan fingerprint density at radius 3 is 1.20 bits per heavy atom. The van der Waals surface area contributed by atoms with Crippen LogP contribution in [0, 0.1) is 0 Å². The van der Waals surface area contributed by atoms with Crippen LogP contribution in [0.5, 0.6) is 11.5 Å². The number of benzene rings is 6. The fourth-order valence-corrected chi connectivity index (χ4v) is 5.99. The molecule has 0 fully saturated rings. The minimum absolute atomic E-state index is 0.576. The summed E-state index contributed by atoms with van der Waals surface area (Å²) in [5.74, 6) is 1.71. The third kappa shape index (κ3) is 6.67. The third-order valence-corrected chi connectivity index (χ3v) is 8.59. The maximum atomic E-state index is 6.26. The van der Waals surface area contributed by atoms with Gasteiger partial charge in [0.1, 0.15) is 11.5 Å². The second-order valence-electron chi connectivity index (χ2n) is 10.5. The van der Waals surface area contributed by atoms with Gasteiger partial charge in [0.25, 0.3) is 0 Å². The Labute approximate surface area is 275 Å². The summed E-state index contributed by atoms with van der Waals surface area (Å²) in [5, 5.41) is 4.55. The Morgan fingerprint density at radius 2 is 0.818 bits per heavy atom. The standard InChI is InChI=1S/C40H32Br2O2/c1-3-43-37-23-15-31-25-29(7-5-27-9-17-33(41)18-10-27)13-21-35(31)39(37)40-36-22-14-30(8-6-28-11-19-34(42)20-12-28)26-32(36)16-24-38(40)44-4-2/h5-26H,3-4H2,1-2H3/b7-5+,8-6+. The van der Waals surface area contributed by atoms with Gasteiger partial charge in [0.15, 0.2) is 0 Å². The van der Waals surface area contributed by atoms with E-state index in [-0.39, 0.29) is 0 Å². The van der Waals surface area contributed by atoms with Crippen LogP contribution in [0.2, 0.25) is 0 Å². The van der Waals surface area contributed by atoms with Crippen molar-refractivity contribution in [2.75, 3.05) is 13.2 Å². The zero-order valence-corrected chi connectivity index (χ0v) is 27.9. The fourth-order valence-electron chi connectivity index (χ4n) is 5.46. The summed E-state index contributed by atoms with van der Waals surface area (Å²) in [6.45, 7) is 5.21. The lowest BCUT2D eigenvalue weighted by atomic mass is 9.91. The van der Waals surface area contributed by atoms with Gasteiger partial charge in [-0.1, -0.05) is 117 Å². The van der Waals surface area contributed by atoms with E-state index in [0.717, 1.165) is 75.4 Å². The molecule has 6 rings (SSSR count). The Morgan fingerprint density at radius 1 is 0.455 bits per heavy atom. The second-order valence-corrected chi connectivity index (χ2v) is 12.3. The molecule has 6 aromatic rings. The number of rotatable bonds is 9. The molecule has 44 heavy (non-hydrogen) atoms. The predicted octanol–water partition coefficient (Wildman–Crippen LogP) is 12.3. The predicted molar refractivity (Wildman–Crippen MR) is 195 cm³/mol. The van der Waals surface area contributed by atoms with E-state index in [1.165, 1.54) is 0 Å². The Balaban J connectivity index is 1.46. The molecule has 0 N–H and O–H groups in total. The van der Waals surface area contributed by atoms with Crippen LogP contribution < -0.4 is 9.47 Å². The van der Waals surface area contributed by atoms with Crippen molar-refractivity contribution in [3.63, 3.8) is 0 Å². The summed E-state index contributed by atoms with van der Waals surface area (Å²) < 4.78 is 14.7. The molecule has 0 aliphatic rings. The van der Waals surface area contributed by atoms with Crippen molar-refractivity contribution in [2.45, 2.75) is 13.8 Å². The Hall–Kier alpha value is -4.12. The molecule has 0 aromatic heterocycles. The maximum absolute atomic E-state index is 6.26. The number of hydrogen-bond donors (Lipinski definition) is 0. The first kappa shape index (κ1) is 29.9. The first-order chi connectivity index (χ1) is 21.5. The zero-order chi connectivity index (χ0) is 30.5. The highest BCUT2D eigenvalue weighted by molar-refractivity contribution is 9.10. The maximum Gasteiger partial charge on any atom is 0.127 e. The van der Waals surface area contributed by atoms with E-state index in [0.29, 0.717) is 13.2 Å². The van der Waals surface area contributed by atoms with Crippen molar-refractivity contribution >= 4 is 77.7 Å². The summed E-state index contributed by atoms with van der Waals surface area (Å²) in [4.78, 5) is 0.